The molecule has 1 heterocycles. The zero-order valence-corrected chi connectivity index (χ0v) is 12.5. The van der Waals surface area contributed by atoms with Crippen LogP contribution in [0.4, 0.5) is 0 Å². The molecule has 2 aromatic rings. The molecule has 1 aliphatic heterocycles. The predicted molar refractivity (Wildman–Crippen MR) is 83.5 cm³/mol. The van der Waals surface area contributed by atoms with E-state index in [1.54, 1.807) is 11.8 Å². The van der Waals surface area contributed by atoms with Crippen LogP contribution in [0, 0.1) is 0 Å². The third-order valence-corrected chi connectivity index (χ3v) is 5.04. The summed E-state index contributed by atoms with van der Waals surface area (Å²) in [4.78, 5) is 14.2. The molecule has 3 rings (SSSR count). The first-order valence-electron chi connectivity index (χ1n) is 7.19. The number of carbonyl (C=O) groups is 1. The normalized spacial score (nSPS) is 16.4. The van der Waals surface area contributed by atoms with E-state index < -0.39 is 0 Å². The highest BCUT2D eigenvalue weighted by Gasteiger charge is 2.27. The highest BCUT2D eigenvalue weighted by atomic mass is 32.2. The van der Waals surface area contributed by atoms with E-state index in [0.717, 1.165) is 18.3 Å². The van der Waals surface area contributed by atoms with E-state index >= 15 is 0 Å². The van der Waals surface area contributed by atoms with E-state index in [-0.39, 0.29) is 5.92 Å². The molecule has 0 radical (unpaired) electrons. The van der Waals surface area contributed by atoms with Gasteiger partial charge < -0.3 is 4.79 Å². The molecule has 1 nitrogen and oxygen atoms in total. The summed E-state index contributed by atoms with van der Waals surface area (Å²) in [5.74, 6) is -0.101. The molecule has 102 valence electrons. The van der Waals surface area contributed by atoms with Crippen molar-refractivity contribution in [2.45, 2.75) is 41.9 Å². The van der Waals surface area contributed by atoms with Gasteiger partial charge in [-0.2, -0.15) is 0 Å². The number of aldehydes is 1. The lowest BCUT2D eigenvalue weighted by Crippen LogP contribution is -2.12. The molecule has 0 saturated carbocycles. The second-order valence-corrected chi connectivity index (χ2v) is 6.27. The van der Waals surface area contributed by atoms with Crippen LogP contribution < -0.4 is 0 Å². The Labute approximate surface area is 124 Å². The summed E-state index contributed by atoms with van der Waals surface area (Å²) in [6.07, 6.45) is 4.52. The van der Waals surface area contributed by atoms with Crippen LogP contribution in [0.1, 0.15) is 42.4 Å². The van der Waals surface area contributed by atoms with Crippen molar-refractivity contribution in [3.63, 3.8) is 0 Å². The maximum Gasteiger partial charge on any atom is 0.131 e. The van der Waals surface area contributed by atoms with E-state index in [4.69, 9.17) is 0 Å². The molecule has 2 aromatic carbocycles. The Bertz CT molecular complexity index is 633. The fourth-order valence-corrected chi connectivity index (χ4v) is 4.07. The average molecular weight is 282 g/mol. The van der Waals surface area contributed by atoms with Gasteiger partial charge in [0.2, 0.25) is 0 Å². The summed E-state index contributed by atoms with van der Waals surface area (Å²) in [5.41, 5.74) is 3.73. The molecule has 1 aliphatic rings. The average Bonchev–Trinajstić information content (AvgIpc) is 2.50. The van der Waals surface area contributed by atoms with Gasteiger partial charge in [-0.05, 0) is 41.7 Å². The Hall–Kier alpha value is -1.54. The number of benzene rings is 2. The van der Waals surface area contributed by atoms with Crippen LogP contribution in [0.2, 0.25) is 0 Å². The van der Waals surface area contributed by atoms with Crippen LogP contribution in [0.15, 0.2) is 52.3 Å². The van der Waals surface area contributed by atoms with E-state index in [9.17, 15) is 4.79 Å². The fourth-order valence-electron chi connectivity index (χ4n) is 2.86. The first kappa shape index (κ1) is 13.4. The van der Waals surface area contributed by atoms with Crippen molar-refractivity contribution in [3.8, 4) is 0 Å². The van der Waals surface area contributed by atoms with E-state index in [1.807, 2.05) is 12.1 Å². The Morgan fingerprint density at radius 1 is 1.10 bits per heavy atom. The first-order valence-corrected chi connectivity index (χ1v) is 8.00. The Kier molecular flexibility index (Phi) is 3.93. The lowest BCUT2D eigenvalue weighted by Gasteiger charge is -2.26. The van der Waals surface area contributed by atoms with Gasteiger partial charge in [-0.3, -0.25) is 0 Å². The van der Waals surface area contributed by atoms with Crippen molar-refractivity contribution in [2.24, 2.45) is 0 Å². The molecule has 0 aromatic heterocycles. The SMILES string of the molecule is CCCCc1cccc2c1C(C=O)c1ccccc1S2. The molecular weight excluding hydrogens is 264 g/mol. The van der Waals surface area contributed by atoms with Gasteiger partial charge in [0.25, 0.3) is 0 Å². The predicted octanol–water partition coefficient (Wildman–Crippen LogP) is 4.82. The zero-order chi connectivity index (χ0) is 13.9. The van der Waals surface area contributed by atoms with E-state index in [0.29, 0.717) is 0 Å². The Morgan fingerprint density at radius 2 is 1.90 bits per heavy atom. The molecule has 0 bridgehead atoms. The van der Waals surface area contributed by atoms with Crippen molar-refractivity contribution >= 4 is 18.0 Å². The summed E-state index contributed by atoms with van der Waals surface area (Å²) in [7, 11) is 0. The maximum atomic E-state index is 11.7. The topological polar surface area (TPSA) is 17.1 Å². The van der Waals surface area contributed by atoms with Gasteiger partial charge in [-0.15, -0.1) is 0 Å². The highest BCUT2D eigenvalue weighted by molar-refractivity contribution is 7.99. The molecule has 0 fully saturated rings. The Balaban J connectivity index is 2.11. The molecule has 0 amide bonds. The summed E-state index contributed by atoms with van der Waals surface area (Å²) in [6, 6.07) is 14.7. The number of hydrogen-bond donors (Lipinski definition) is 0. The molecule has 1 atom stereocenters. The zero-order valence-electron chi connectivity index (χ0n) is 11.6. The second-order valence-electron chi connectivity index (χ2n) is 5.19. The number of rotatable bonds is 4. The van der Waals surface area contributed by atoms with Gasteiger partial charge >= 0.3 is 0 Å². The number of aryl methyl sites for hydroxylation is 1. The van der Waals surface area contributed by atoms with Gasteiger partial charge in [0.15, 0.2) is 0 Å². The summed E-state index contributed by atoms with van der Waals surface area (Å²) >= 11 is 1.79. The largest absolute Gasteiger partial charge is 0.302 e. The molecule has 0 aliphatic carbocycles. The van der Waals surface area contributed by atoms with Crippen molar-refractivity contribution in [2.75, 3.05) is 0 Å². The van der Waals surface area contributed by atoms with Gasteiger partial charge in [0.1, 0.15) is 6.29 Å². The van der Waals surface area contributed by atoms with Crippen LogP contribution in [-0.4, -0.2) is 6.29 Å². The van der Waals surface area contributed by atoms with Gasteiger partial charge in [-0.25, -0.2) is 0 Å². The van der Waals surface area contributed by atoms with E-state index in [1.165, 1.54) is 33.8 Å². The van der Waals surface area contributed by atoms with Gasteiger partial charge in [0.05, 0.1) is 5.92 Å². The minimum absolute atomic E-state index is 0.101. The van der Waals surface area contributed by atoms with Crippen LogP contribution in [0.5, 0.6) is 0 Å². The molecule has 0 spiro atoms. The van der Waals surface area contributed by atoms with E-state index in [2.05, 4.69) is 37.3 Å². The molecule has 0 saturated heterocycles. The monoisotopic (exact) mass is 282 g/mol. The molecule has 1 unspecified atom stereocenters. The highest BCUT2D eigenvalue weighted by Crippen LogP contribution is 2.46. The minimum Gasteiger partial charge on any atom is -0.302 e. The van der Waals surface area contributed by atoms with Crippen LogP contribution in [0.25, 0.3) is 0 Å². The lowest BCUT2D eigenvalue weighted by molar-refractivity contribution is -0.108. The minimum atomic E-state index is -0.101. The third kappa shape index (κ3) is 2.29. The fraction of sp³-hybridized carbons (Fsp3) is 0.278. The number of fused-ring (bicyclic) bond motifs is 2. The molecule has 2 heteroatoms. The Morgan fingerprint density at radius 3 is 2.70 bits per heavy atom. The summed E-state index contributed by atoms with van der Waals surface area (Å²) in [6.45, 7) is 2.21. The van der Waals surface area contributed by atoms with Crippen molar-refractivity contribution in [1.82, 2.24) is 0 Å². The van der Waals surface area contributed by atoms with Crippen LogP contribution >= 0.6 is 11.8 Å². The smallest absolute Gasteiger partial charge is 0.131 e. The van der Waals surface area contributed by atoms with Gasteiger partial charge in [-0.1, -0.05) is 55.4 Å². The van der Waals surface area contributed by atoms with Crippen molar-refractivity contribution in [3.05, 3.63) is 59.2 Å². The van der Waals surface area contributed by atoms with Crippen LogP contribution in [0.3, 0.4) is 0 Å². The lowest BCUT2D eigenvalue weighted by atomic mass is 9.87. The number of carbonyl (C=O) groups excluding carboxylic acids is 1. The maximum absolute atomic E-state index is 11.7. The van der Waals surface area contributed by atoms with Gasteiger partial charge in [0, 0.05) is 9.79 Å². The number of unbranched alkanes of at least 4 members (excludes halogenated alkanes) is 1. The standard InChI is InChI=1S/C18H18OS/c1-2-3-7-13-8-6-11-17-18(13)15(12-19)14-9-4-5-10-16(14)20-17/h4-6,8-12,15H,2-3,7H2,1H3. The molecule has 0 N–H and O–H groups in total. The quantitative estimate of drug-likeness (QED) is 0.747. The molecular formula is C18H18OS. The van der Waals surface area contributed by atoms with Crippen LogP contribution in [-0.2, 0) is 11.2 Å². The second kappa shape index (κ2) is 5.84. The molecule has 20 heavy (non-hydrogen) atoms. The number of hydrogen-bond acceptors (Lipinski definition) is 2. The van der Waals surface area contributed by atoms with Crippen molar-refractivity contribution in [1.29, 1.82) is 0 Å². The summed E-state index contributed by atoms with van der Waals surface area (Å²) in [5, 5.41) is 0. The summed E-state index contributed by atoms with van der Waals surface area (Å²) < 4.78 is 0. The van der Waals surface area contributed by atoms with Crippen molar-refractivity contribution < 1.29 is 4.79 Å². The third-order valence-electron chi connectivity index (χ3n) is 3.88. The first-order chi connectivity index (χ1) is 9.85.